The van der Waals surface area contributed by atoms with Crippen LogP contribution < -0.4 is 10.2 Å². The van der Waals surface area contributed by atoms with Gasteiger partial charge in [-0.05, 0) is 35.9 Å². The Morgan fingerprint density at radius 3 is 2.78 bits per heavy atom. The van der Waals surface area contributed by atoms with E-state index in [9.17, 15) is 4.79 Å². The smallest absolute Gasteiger partial charge is 0.262 e. The van der Waals surface area contributed by atoms with Crippen molar-refractivity contribution in [3.63, 3.8) is 0 Å². The maximum atomic E-state index is 12.9. The molecule has 1 fully saturated rings. The largest absolute Gasteiger partial charge is 0.496 e. The number of carbonyl (C=O) groups excluding carboxylic acids is 1. The number of halogens is 1. The van der Waals surface area contributed by atoms with E-state index in [2.05, 4.69) is 36.3 Å². The van der Waals surface area contributed by atoms with Crippen molar-refractivity contribution in [2.24, 2.45) is 5.10 Å². The van der Waals surface area contributed by atoms with Gasteiger partial charge in [0.1, 0.15) is 11.8 Å². The Morgan fingerprint density at radius 2 is 2.07 bits per heavy atom. The first kappa shape index (κ1) is 19.5. The molecule has 1 aliphatic heterocycles. The molecule has 0 aliphatic carbocycles. The third kappa shape index (κ3) is 5.12. The molecule has 1 atom stereocenters. The lowest BCUT2D eigenvalue weighted by Crippen LogP contribution is -2.44. The molecule has 0 radical (unpaired) electrons. The van der Waals surface area contributed by atoms with Gasteiger partial charge in [0.05, 0.1) is 26.5 Å². The molecular formula is C19H21BrN4O3. The van der Waals surface area contributed by atoms with Crippen molar-refractivity contribution in [2.75, 3.05) is 33.4 Å². The van der Waals surface area contributed by atoms with Crippen LogP contribution in [0.5, 0.6) is 5.75 Å². The molecule has 1 amide bonds. The normalized spacial score (nSPS) is 16.2. The molecule has 1 aromatic carbocycles. The Hall–Kier alpha value is -2.29. The van der Waals surface area contributed by atoms with Crippen LogP contribution in [-0.4, -0.2) is 55.4 Å². The number of hydrogen-bond donors (Lipinski definition) is 1. The standard InChI is InChI=1S/C19H21BrN4O3/c1-26-17-3-2-16(20)12-15(17)13-22-23-19(25)18(14-4-6-21-7-5-14)24-8-10-27-11-9-24/h2-7,12-13,18H,8-11H2,1H3,(H,23,25)/b22-13-/t18-/m1/s1. The Balaban J connectivity index is 1.76. The number of ether oxygens (including phenoxy) is 2. The van der Waals surface area contributed by atoms with Gasteiger partial charge >= 0.3 is 0 Å². The van der Waals surface area contributed by atoms with Gasteiger partial charge < -0.3 is 9.47 Å². The lowest BCUT2D eigenvalue weighted by molar-refractivity contribution is -0.128. The van der Waals surface area contributed by atoms with Crippen molar-refractivity contribution in [2.45, 2.75) is 6.04 Å². The zero-order valence-electron chi connectivity index (χ0n) is 15.0. The molecule has 0 saturated carbocycles. The molecule has 27 heavy (non-hydrogen) atoms. The van der Waals surface area contributed by atoms with E-state index in [1.807, 2.05) is 30.3 Å². The van der Waals surface area contributed by atoms with Crippen LogP contribution >= 0.6 is 15.9 Å². The maximum Gasteiger partial charge on any atom is 0.262 e. The third-order valence-electron chi connectivity index (χ3n) is 4.25. The third-order valence-corrected chi connectivity index (χ3v) is 4.74. The fourth-order valence-corrected chi connectivity index (χ4v) is 3.32. The number of amides is 1. The minimum Gasteiger partial charge on any atom is -0.496 e. The Morgan fingerprint density at radius 1 is 1.33 bits per heavy atom. The summed E-state index contributed by atoms with van der Waals surface area (Å²) in [5.74, 6) is 0.475. The molecule has 7 nitrogen and oxygen atoms in total. The van der Waals surface area contributed by atoms with E-state index < -0.39 is 6.04 Å². The molecule has 8 heteroatoms. The molecule has 1 aliphatic rings. The highest BCUT2D eigenvalue weighted by molar-refractivity contribution is 9.10. The van der Waals surface area contributed by atoms with Crippen LogP contribution in [0.1, 0.15) is 17.2 Å². The molecular weight excluding hydrogens is 412 g/mol. The van der Waals surface area contributed by atoms with Crippen LogP contribution in [-0.2, 0) is 9.53 Å². The number of nitrogens with one attached hydrogen (secondary N) is 1. The number of hydrogen-bond acceptors (Lipinski definition) is 6. The number of rotatable bonds is 6. The van der Waals surface area contributed by atoms with Crippen LogP contribution in [0.4, 0.5) is 0 Å². The van der Waals surface area contributed by atoms with Crippen molar-refractivity contribution in [1.82, 2.24) is 15.3 Å². The topological polar surface area (TPSA) is 76.0 Å². The quantitative estimate of drug-likeness (QED) is 0.559. The van der Waals surface area contributed by atoms with E-state index in [0.29, 0.717) is 32.1 Å². The Bertz CT molecular complexity index is 795. The molecule has 3 rings (SSSR count). The van der Waals surface area contributed by atoms with E-state index in [1.165, 1.54) is 0 Å². The van der Waals surface area contributed by atoms with Gasteiger partial charge in [0, 0.05) is 35.5 Å². The van der Waals surface area contributed by atoms with Crippen LogP contribution in [0.25, 0.3) is 0 Å². The summed E-state index contributed by atoms with van der Waals surface area (Å²) in [6.07, 6.45) is 4.95. The molecule has 1 saturated heterocycles. The Labute approximate surface area is 166 Å². The molecule has 0 spiro atoms. The Kier molecular flexibility index (Phi) is 6.92. The van der Waals surface area contributed by atoms with Crippen molar-refractivity contribution in [1.29, 1.82) is 0 Å². The highest BCUT2D eigenvalue weighted by atomic mass is 79.9. The van der Waals surface area contributed by atoms with Gasteiger partial charge in [-0.25, -0.2) is 5.43 Å². The fraction of sp³-hybridized carbons (Fsp3) is 0.316. The number of hydrazone groups is 1. The first-order chi connectivity index (χ1) is 13.2. The van der Waals surface area contributed by atoms with E-state index in [4.69, 9.17) is 9.47 Å². The number of morpholine rings is 1. The second kappa shape index (κ2) is 9.59. The molecule has 1 aromatic heterocycles. The number of pyridine rings is 1. The van der Waals surface area contributed by atoms with Crippen LogP contribution in [0, 0.1) is 0 Å². The van der Waals surface area contributed by atoms with E-state index in [0.717, 1.165) is 15.6 Å². The molecule has 1 N–H and O–H groups in total. The van der Waals surface area contributed by atoms with Gasteiger partial charge in [0.15, 0.2) is 0 Å². The highest BCUT2D eigenvalue weighted by Crippen LogP contribution is 2.23. The van der Waals surface area contributed by atoms with Crippen molar-refractivity contribution in [3.05, 3.63) is 58.3 Å². The molecule has 0 bridgehead atoms. The van der Waals surface area contributed by atoms with E-state index in [-0.39, 0.29) is 5.91 Å². The summed E-state index contributed by atoms with van der Waals surface area (Å²) in [5.41, 5.74) is 4.29. The molecule has 2 heterocycles. The number of methoxy groups -OCH3 is 1. The fourth-order valence-electron chi connectivity index (χ4n) is 2.94. The SMILES string of the molecule is COc1ccc(Br)cc1/C=N\NC(=O)[C@@H](c1ccncc1)N1CCOCC1. The zero-order valence-corrected chi connectivity index (χ0v) is 16.6. The van der Waals surface area contributed by atoms with Gasteiger partial charge in [-0.3, -0.25) is 14.7 Å². The minimum absolute atomic E-state index is 0.201. The van der Waals surface area contributed by atoms with Gasteiger partial charge in [0.25, 0.3) is 5.91 Å². The summed E-state index contributed by atoms with van der Waals surface area (Å²) in [4.78, 5) is 19.0. The van der Waals surface area contributed by atoms with Crippen molar-refractivity contribution >= 4 is 28.1 Å². The average molecular weight is 433 g/mol. The second-order valence-corrected chi connectivity index (χ2v) is 6.87. The summed E-state index contributed by atoms with van der Waals surface area (Å²) >= 11 is 3.42. The number of carbonyl (C=O) groups is 1. The average Bonchev–Trinajstić information content (AvgIpc) is 2.70. The summed E-state index contributed by atoms with van der Waals surface area (Å²) in [5, 5.41) is 4.13. The summed E-state index contributed by atoms with van der Waals surface area (Å²) in [7, 11) is 1.59. The first-order valence-corrected chi connectivity index (χ1v) is 9.36. The predicted molar refractivity (Wildman–Crippen MR) is 106 cm³/mol. The predicted octanol–water partition coefficient (Wildman–Crippen LogP) is 2.38. The van der Waals surface area contributed by atoms with E-state index in [1.54, 1.807) is 25.7 Å². The molecule has 142 valence electrons. The maximum absolute atomic E-state index is 12.9. The minimum atomic E-state index is -0.446. The first-order valence-electron chi connectivity index (χ1n) is 8.57. The monoisotopic (exact) mass is 432 g/mol. The number of aromatic nitrogens is 1. The molecule has 0 unspecified atom stereocenters. The van der Waals surface area contributed by atoms with Gasteiger partial charge in [-0.2, -0.15) is 5.10 Å². The summed E-state index contributed by atoms with van der Waals surface area (Å²) in [6, 6.07) is 8.84. The van der Waals surface area contributed by atoms with Crippen LogP contribution in [0.2, 0.25) is 0 Å². The van der Waals surface area contributed by atoms with E-state index >= 15 is 0 Å². The zero-order chi connectivity index (χ0) is 19.1. The second-order valence-electron chi connectivity index (χ2n) is 5.95. The summed E-state index contributed by atoms with van der Waals surface area (Å²) in [6.45, 7) is 2.58. The van der Waals surface area contributed by atoms with Gasteiger partial charge in [-0.15, -0.1) is 0 Å². The summed E-state index contributed by atoms with van der Waals surface area (Å²) < 4.78 is 11.6. The number of benzene rings is 1. The van der Waals surface area contributed by atoms with Gasteiger partial charge in [0.2, 0.25) is 0 Å². The number of nitrogens with zero attached hydrogens (tertiary/aromatic N) is 3. The van der Waals surface area contributed by atoms with Gasteiger partial charge in [-0.1, -0.05) is 15.9 Å². The van der Waals surface area contributed by atoms with Crippen LogP contribution in [0.3, 0.4) is 0 Å². The van der Waals surface area contributed by atoms with Crippen molar-refractivity contribution < 1.29 is 14.3 Å². The lowest BCUT2D eigenvalue weighted by atomic mass is 10.1. The highest BCUT2D eigenvalue weighted by Gasteiger charge is 2.28. The molecule has 2 aromatic rings. The lowest BCUT2D eigenvalue weighted by Gasteiger charge is -2.33. The van der Waals surface area contributed by atoms with Crippen LogP contribution in [0.15, 0.2) is 52.3 Å². The van der Waals surface area contributed by atoms with Crippen molar-refractivity contribution in [3.8, 4) is 5.75 Å².